The molecule has 3 radical (unpaired) electrons. The summed E-state index contributed by atoms with van der Waals surface area (Å²) in [4.78, 5) is 0. The molecule has 1 aromatic rings. The molecule has 0 aliphatic carbocycles. The van der Waals surface area contributed by atoms with E-state index in [1.165, 1.54) is 109 Å². The van der Waals surface area contributed by atoms with Gasteiger partial charge in [0, 0.05) is 0 Å². The molecule has 0 aliphatic rings. The second-order valence-electron chi connectivity index (χ2n) is 8.37. The van der Waals surface area contributed by atoms with E-state index < -0.39 is 0 Å². The first-order valence-corrected chi connectivity index (χ1v) is 13.5. The van der Waals surface area contributed by atoms with Gasteiger partial charge in [-0.1, -0.05) is 0 Å². The summed E-state index contributed by atoms with van der Waals surface area (Å²) >= 11 is 1.61. The fourth-order valence-electron chi connectivity index (χ4n) is 4.10. The van der Waals surface area contributed by atoms with Gasteiger partial charge in [-0.15, -0.1) is 0 Å². The summed E-state index contributed by atoms with van der Waals surface area (Å²) in [6.45, 7) is 6.94. The van der Waals surface area contributed by atoms with Gasteiger partial charge in [0.2, 0.25) is 0 Å². The van der Waals surface area contributed by atoms with E-state index in [1.54, 1.807) is 42.8 Å². The first-order valence-electron chi connectivity index (χ1n) is 12.1. The van der Waals surface area contributed by atoms with Crippen LogP contribution in [-0.4, -0.2) is 22.5 Å². The molecule has 0 nitrogen and oxygen atoms in total. The van der Waals surface area contributed by atoms with Crippen LogP contribution < -0.4 is 3.58 Å². The number of aryl methyl sites for hydroxylation is 1. The first-order chi connectivity index (χ1) is 13.2. The quantitative estimate of drug-likeness (QED) is 0.160. The van der Waals surface area contributed by atoms with Crippen molar-refractivity contribution in [3.8, 4) is 0 Å². The van der Waals surface area contributed by atoms with Gasteiger partial charge in [0.1, 0.15) is 0 Å². The molecule has 1 heteroatoms. The minimum atomic E-state index is 1.29. The van der Waals surface area contributed by atoms with Crippen LogP contribution in [0.15, 0.2) is 12.1 Å². The second kappa shape index (κ2) is 16.9. The van der Waals surface area contributed by atoms with Crippen LogP contribution in [0.4, 0.5) is 0 Å². The maximum atomic E-state index is 2.47. The van der Waals surface area contributed by atoms with Gasteiger partial charge in [-0.25, -0.2) is 0 Å². The molecular weight excluding hydrogens is 431 g/mol. The van der Waals surface area contributed by atoms with Crippen LogP contribution in [0.1, 0.15) is 127 Å². The second-order valence-corrected chi connectivity index (χ2v) is 9.91. The van der Waals surface area contributed by atoms with Crippen LogP contribution >= 0.6 is 0 Å². The van der Waals surface area contributed by atoms with Crippen molar-refractivity contribution in [3.63, 3.8) is 0 Å². The van der Waals surface area contributed by atoms with E-state index >= 15 is 0 Å². The van der Waals surface area contributed by atoms with E-state index in [0.29, 0.717) is 0 Å². The molecule has 0 amide bonds. The maximum absolute atomic E-state index is 2.47. The van der Waals surface area contributed by atoms with Crippen molar-refractivity contribution in [1.82, 2.24) is 0 Å². The van der Waals surface area contributed by atoms with E-state index in [-0.39, 0.29) is 0 Å². The SMILES string of the molecule is CCCCCCCCc1[c]([Sn])ccc(CCCC)c1CCCCCCCC. The molecule has 153 valence electrons. The molecule has 0 saturated heterocycles. The summed E-state index contributed by atoms with van der Waals surface area (Å²) in [5.74, 6) is 0. The Morgan fingerprint density at radius 1 is 0.519 bits per heavy atom. The fraction of sp³-hybridized carbons (Fsp3) is 0.769. The number of hydrogen-bond acceptors (Lipinski definition) is 0. The van der Waals surface area contributed by atoms with Gasteiger partial charge in [-0.05, 0) is 0 Å². The fourth-order valence-corrected chi connectivity index (χ4v) is 5.13. The topological polar surface area (TPSA) is 0 Å². The zero-order chi connectivity index (χ0) is 19.7. The zero-order valence-corrected chi connectivity index (χ0v) is 21.5. The summed E-state index contributed by atoms with van der Waals surface area (Å²) in [6, 6.07) is 4.91. The standard InChI is InChI=1S/C26H45.Sn/c1-4-7-10-12-14-16-20-25-22-18-21-24(19-9-6-3)26(25)23-17-15-13-11-8-5-2;/h18,21H,4-17,19-20,23H2,1-3H3;. The number of rotatable bonds is 17. The Labute approximate surface area is 184 Å². The molecule has 0 aliphatic heterocycles. The normalized spacial score (nSPS) is 11.3. The number of hydrogen-bond donors (Lipinski definition) is 0. The summed E-state index contributed by atoms with van der Waals surface area (Å²) in [6.07, 6.45) is 23.5. The molecule has 0 heterocycles. The molecule has 0 atom stereocenters. The van der Waals surface area contributed by atoms with Crippen molar-refractivity contribution < 1.29 is 0 Å². The van der Waals surface area contributed by atoms with E-state index in [1.807, 2.05) is 0 Å². The van der Waals surface area contributed by atoms with E-state index in [0.717, 1.165) is 0 Å². The molecule has 0 bridgehead atoms. The summed E-state index contributed by atoms with van der Waals surface area (Å²) < 4.78 is 1.64. The van der Waals surface area contributed by atoms with Crippen molar-refractivity contribution in [2.75, 3.05) is 0 Å². The first kappa shape index (κ1) is 25.1. The Morgan fingerprint density at radius 2 is 1.00 bits per heavy atom. The van der Waals surface area contributed by atoms with Crippen LogP contribution in [0.25, 0.3) is 0 Å². The van der Waals surface area contributed by atoms with Gasteiger partial charge in [-0.3, -0.25) is 0 Å². The predicted octanol–water partition coefficient (Wildman–Crippen LogP) is 7.63. The third kappa shape index (κ3) is 11.0. The Morgan fingerprint density at radius 3 is 1.56 bits per heavy atom. The minimum absolute atomic E-state index is 1.29. The average Bonchev–Trinajstić information content (AvgIpc) is 2.68. The van der Waals surface area contributed by atoms with E-state index in [9.17, 15) is 0 Å². The molecule has 1 aromatic carbocycles. The van der Waals surface area contributed by atoms with Crippen LogP contribution in [-0.2, 0) is 19.3 Å². The van der Waals surface area contributed by atoms with Crippen LogP contribution in [0.3, 0.4) is 0 Å². The molecule has 0 saturated carbocycles. The average molecular weight is 476 g/mol. The van der Waals surface area contributed by atoms with Crippen LogP contribution in [0, 0.1) is 0 Å². The zero-order valence-electron chi connectivity index (χ0n) is 18.7. The monoisotopic (exact) mass is 477 g/mol. The molecular formula is C26H45Sn. The Bertz CT molecular complexity index is 477. The Balaban J connectivity index is 2.66. The van der Waals surface area contributed by atoms with Gasteiger partial charge < -0.3 is 0 Å². The van der Waals surface area contributed by atoms with Crippen molar-refractivity contribution in [2.24, 2.45) is 0 Å². The molecule has 27 heavy (non-hydrogen) atoms. The summed E-state index contributed by atoms with van der Waals surface area (Å²) in [5.41, 5.74) is 5.20. The van der Waals surface area contributed by atoms with Crippen molar-refractivity contribution in [2.45, 2.75) is 130 Å². The number of unbranched alkanes of at least 4 members (excludes halogenated alkanes) is 11. The Kier molecular flexibility index (Phi) is 15.7. The van der Waals surface area contributed by atoms with Gasteiger partial charge in [0.25, 0.3) is 0 Å². The molecule has 1 rings (SSSR count). The molecule has 0 unspecified atom stereocenters. The van der Waals surface area contributed by atoms with Crippen molar-refractivity contribution >= 4 is 26.1 Å². The molecule has 0 fully saturated rings. The summed E-state index contributed by atoms with van der Waals surface area (Å²) in [5, 5.41) is 0. The third-order valence-electron chi connectivity index (χ3n) is 5.89. The van der Waals surface area contributed by atoms with E-state index in [2.05, 4.69) is 32.9 Å². The van der Waals surface area contributed by atoms with Crippen molar-refractivity contribution in [3.05, 3.63) is 28.8 Å². The van der Waals surface area contributed by atoms with E-state index in [4.69, 9.17) is 0 Å². The summed E-state index contributed by atoms with van der Waals surface area (Å²) in [7, 11) is 0. The third-order valence-corrected chi connectivity index (χ3v) is 7.23. The van der Waals surface area contributed by atoms with Gasteiger partial charge in [0.05, 0.1) is 0 Å². The Hall–Kier alpha value is 0.0187. The van der Waals surface area contributed by atoms with Crippen LogP contribution in [0.2, 0.25) is 0 Å². The molecule has 0 aromatic heterocycles. The van der Waals surface area contributed by atoms with Gasteiger partial charge in [0.15, 0.2) is 0 Å². The van der Waals surface area contributed by atoms with Gasteiger partial charge >= 0.3 is 185 Å². The number of benzene rings is 1. The van der Waals surface area contributed by atoms with Gasteiger partial charge in [-0.2, -0.15) is 0 Å². The van der Waals surface area contributed by atoms with Crippen LogP contribution in [0.5, 0.6) is 0 Å². The predicted molar refractivity (Wildman–Crippen MR) is 125 cm³/mol. The molecule has 0 N–H and O–H groups in total. The van der Waals surface area contributed by atoms with Crippen molar-refractivity contribution in [1.29, 1.82) is 0 Å². The molecule has 0 spiro atoms.